The van der Waals surface area contributed by atoms with Crippen LogP contribution in [-0.4, -0.2) is 19.0 Å². The van der Waals surface area contributed by atoms with Crippen LogP contribution in [0.15, 0.2) is 0 Å². The Balaban J connectivity index is 2.62. The highest BCUT2D eigenvalue weighted by Crippen LogP contribution is 2.35. The molecule has 1 N–H and O–H groups in total. The van der Waals surface area contributed by atoms with E-state index >= 15 is 0 Å². The third kappa shape index (κ3) is 2.73. The van der Waals surface area contributed by atoms with E-state index in [-0.39, 0.29) is 18.3 Å². The van der Waals surface area contributed by atoms with E-state index in [1.165, 1.54) is 0 Å². The van der Waals surface area contributed by atoms with Crippen LogP contribution in [0.2, 0.25) is 0 Å². The Hall–Kier alpha value is -0.180. The molecule has 0 bridgehead atoms. The summed E-state index contributed by atoms with van der Waals surface area (Å²) in [6.45, 7) is 4.89. The van der Waals surface area contributed by atoms with Gasteiger partial charge in [0.05, 0.1) is 0 Å². The molecule has 1 nitrogen and oxygen atoms in total. The quantitative estimate of drug-likeness (QED) is 0.576. The zero-order chi connectivity index (χ0) is 8.54. The van der Waals surface area contributed by atoms with E-state index < -0.39 is 5.92 Å². The van der Waals surface area contributed by atoms with Gasteiger partial charge >= 0.3 is 0 Å². The van der Waals surface area contributed by atoms with Crippen LogP contribution in [0.3, 0.4) is 0 Å². The monoisotopic (exact) mass is 163 g/mol. The molecular formula is C8H15F2N. The highest BCUT2D eigenvalue weighted by Gasteiger charge is 2.38. The van der Waals surface area contributed by atoms with Gasteiger partial charge in [0.15, 0.2) is 0 Å². The average molecular weight is 163 g/mol. The lowest BCUT2D eigenvalue weighted by Gasteiger charge is -2.25. The van der Waals surface area contributed by atoms with Crippen LogP contribution < -0.4 is 5.32 Å². The molecule has 0 aromatic rings. The van der Waals surface area contributed by atoms with Gasteiger partial charge in [-0.2, -0.15) is 0 Å². The van der Waals surface area contributed by atoms with Crippen molar-refractivity contribution >= 4 is 0 Å². The minimum Gasteiger partial charge on any atom is -0.316 e. The molecule has 0 atom stereocenters. The maximum atomic E-state index is 12.9. The van der Waals surface area contributed by atoms with E-state index in [1.54, 1.807) is 0 Å². The summed E-state index contributed by atoms with van der Waals surface area (Å²) in [5.74, 6) is -2.47. The molecule has 0 amide bonds. The van der Waals surface area contributed by atoms with Crippen molar-refractivity contribution in [3.63, 3.8) is 0 Å². The fourth-order valence-electron chi connectivity index (χ4n) is 1.55. The van der Waals surface area contributed by atoms with Crippen LogP contribution in [0.4, 0.5) is 8.78 Å². The Bertz CT molecular complexity index is 127. The van der Waals surface area contributed by atoms with Crippen LogP contribution >= 0.6 is 0 Å². The van der Waals surface area contributed by atoms with Crippen molar-refractivity contribution in [2.24, 2.45) is 5.41 Å². The molecule has 11 heavy (non-hydrogen) atoms. The molecule has 1 saturated heterocycles. The van der Waals surface area contributed by atoms with Gasteiger partial charge in [0.1, 0.15) is 0 Å². The fourth-order valence-corrected chi connectivity index (χ4v) is 1.55. The molecule has 3 heteroatoms. The smallest absolute Gasteiger partial charge is 0.249 e. The zero-order valence-electron chi connectivity index (χ0n) is 7.08. The van der Waals surface area contributed by atoms with Gasteiger partial charge in [-0.3, -0.25) is 0 Å². The fraction of sp³-hybridized carbons (Fsp3) is 1.00. The standard InChI is InChI=1S/C8H15F2N/c1-7(2)5-8(9,10)3-4-11-6-7/h11H,3-6H2,1-2H3. The van der Waals surface area contributed by atoms with Crippen LogP contribution in [-0.2, 0) is 0 Å². The predicted molar refractivity (Wildman–Crippen MR) is 40.8 cm³/mol. The van der Waals surface area contributed by atoms with E-state index in [1.807, 2.05) is 13.8 Å². The van der Waals surface area contributed by atoms with Crippen molar-refractivity contribution in [3.8, 4) is 0 Å². The lowest BCUT2D eigenvalue weighted by atomic mass is 9.87. The number of nitrogens with one attached hydrogen (secondary N) is 1. The number of hydrogen-bond donors (Lipinski definition) is 1. The second-order valence-electron chi connectivity index (χ2n) is 4.12. The minimum absolute atomic E-state index is 0.00694. The molecule has 1 heterocycles. The van der Waals surface area contributed by atoms with Gasteiger partial charge in [-0.05, 0) is 5.41 Å². The van der Waals surface area contributed by atoms with Gasteiger partial charge < -0.3 is 5.32 Å². The lowest BCUT2D eigenvalue weighted by molar-refractivity contribution is -0.0345. The molecule has 0 radical (unpaired) electrons. The average Bonchev–Trinajstić information content (AvgIpc) is 1.86. The van der Waals surface area contributed by atoms with Gasteiger partial charge in [-0.15, -0.1) is 0 Å². The molecule has 1 aliphatic rings. The normalized spacial score (nSPS) is 29.5. The molecule has 1 aliphatic heterocycles. The molecule has 0 saturated carbocycles. The Morgan fingerprint density at radius 1 is 1.27 bits per heavy atom. The number of rotatable bonds is 0. The van der Waals surface area contributed by atoms with Crippen LogP contribution in [0, 0.1) is 5.41 Å². The van der Waals surface area contributed by atoms with Gasteiger partial charge in [-0.1, -0.05) is 13.8 Å². The second-order valence-corrected chi connectivity index (χ2v) is 4.12. The maximum Gasteiger partial charge on any atom is 0.249 e. The Morgan fingerprint density at radius 2 is 1.91 bits per heavy atom. The summed E-state index contributed by atoms with van der Waals surface area (Å²) < 4.78 is 25.8. The SMILES string of the molecule is CC1(C)CNCCC(F)(F)C1. The van der Waals surface area contributed by atoms with E-state index in [0.717, 1.165) is 0 Å². The first kappa shape index (κ1) is 8.91. The highest BCUT2D eigenvalue weighted by atomic mass is 19.3. The van der Waals surface area contributed by atoms with Crippen molar-refractivity contribution in [2.45, 2.75) is 32.6 Å². The summed E-state index contributed by atoms with van der Waals surface area (Å²) in [5.41, 5.74) is -0.264. The van der Waals surface area contributed by atoms with Crippen molar-refractivity contribution in [1.29, 1.82) is 0 Å². The number of hydrogen-bond acceptors (Lipinski definition) is 1. The highest BCUT2D eigenvalue weighted by molar-refractivity contribution is 4.84. The summed E-state index contributed by atoms with van der Waals surface area (Å²) >= 11 is 0. The predicted octanol–water partition coefficient (Wildman–Crippen LogP) is 2.03. The first-order valence-electron chi connectivity index (χ1n) is 4.00. The van der Waals surface area contributed by atoms with Gasteiger partial charge in [0.2, 0.25) is 5.92 Å². The maximum absolute atomic E-state index is 12.9. The van der Waals surface area contributed by atoms with Crippen LogP contribution in [0.1, 0.15) is 26.7 Å². The molecule has 66 valence electrons. The third-order valence-corrected chi connectivity index (χ3v) is 2.01. The lowest BCUT2D eigenvalue weighted by Crippen LogP contribution is -2.28. The number of halogens is 2. The minimum atomic E-state index is -2.47. The first-order valence-corrected chi connectivity index (χ1v) is 4.00. The molecule has 0 aromatic carbocycles. The number of alkyl halides is 2. The first-order chi connectivity index (χ1) is 4.91. The second kappa shape index (κ2) is 2.70. The van der Waals surface area contributed by atoms with Crippen molar-refractivity contribution < 1.29 is 8.78 Å². The van der Waals surface area contributed by atoms with Gasteiger partial charge in [0.25, 0.3) is 0 Å². The van der Waals surface area contributed by atoms with E-state index in [0.29, 0.717) is 13.1 Å². The van der Waals surface area contributed by atoms with E-state index in [9.17, 15) is 8.78 Å². The molecule has 0 aromatic heterocycles. The molecule has 0 unspecified atom stereocenters. The van der Waals surface area contributed by atoms with Gasteiger partial charge in [-0.25, -0.2) is 8.78 Å². The molecule has 0 aliphatic carbocycles. The van der Waals surface area contributed by atoms with Crippen molar-refractivity contribution in [2.75, 3.05) is 13.1 Å². The summed E-state index contributed by atoms with van der Waals surface area (Å²) in [5, 5.41) is 3.01. The Morgan fingerprint density at radius 3 is 2.55 bits per heavy atom. The molecule has 0 spiro atoms. The van der Waals surface area contributed by atoms with Crippen molar-refractivity contribution in [3.05, 3.63) is 0 Å². The topological polar surface area (TPSA) is 12.0 Å². The summed E-state index contributed by atoms with van der Waals surface area (Å²) in [6.07, 6.45) is -0.0105. The molecular weight excluding hydrogens is 148 g/mol. The van der Waals surface area contributed by atoms with Crippen molar-refractivity contribution in [1.82, 2.24) is 5.32 Å². The molecule has 1 rings (SSSR count). The zero-order valence-corrected chi connectivity index (χ0v) is 7.08. The van der Waals surface area contributed by atoms with Gasteiger partial charge in [0, 0.05) is 25.9 Å². The van der Waals surface area contributed by atoms with Crippen LogP contribution in [0.5, 0.6) is 0 Å². The largest absolute Gasteiger partial charge is 0.316 e. The third-order valence-electron chi connectivity index (χ3n) is 2.01. The Kier molecular flexibility index (Phi) is 2.19. The van der Waals surface area contributed by atoms with E-state index in [2.05, 4.69) is 5.32 Å². The molecule has 1 fully saturated rings. The Labute approximate surface area is 66.2 Å². The van der Waals surface area contributed by atoms with Crippen LogP contribution in [0.25, 0.3) is 0 Å². The van der Waals surface area contributed by atoms with E-state index in [4.69, 9.17) is 0 Å². The summed E-state index contributed by atoms with van der Waals surface area (Å²) in [4.78, 5) is 0. The summed E-state index contributed by atoms with van der Waals surface area (Å²) in [6, 6.07) is 0. The summed E-state index contributed by atoms with van der Waals surface area (Å²) in [7, 11) is 0.